The molecule has 3 unspecified atom stereocenters. The van der Waals surface area contributed by atoms with Gasteiger partial charge in [-0.3, -0.25) is 19.3 Å². The Morgan fingerprint density at radius 2 is 1.85 bits per heavy atom. The fourth-order valence-electron chi connectivity index (χ4n) is 5.63. The number of carboxylic acids is 1. The van der Waals surface area contributed by atoms with Crippen LogP contribution in [0, 0.1) is 5.92 Å². The lowest BCUT2D eigenvalue weighted by atomic mass is 9.84. The second-order valence-corrected chi connectivity index (χ2v) is 10.1. The van der Waals surface area contributed by atoms with Gasteiger partial charge < -0.3 is 34.2 Å². The Morgan fingerprint density at radius 3 is 2.46 bits per heavy atom. The summed E-state index contributed by atoms with van der Waals surface area (Å²) < 4.78 is 16.6. The molecule has 0 aliphatic carbocycles. The largest absolute Gasteiger partial charge is 0.493 e. The molecule has 2 aliphatic rings. The summed E-state index contributed by atoms with van der Waals surface area (Å²) in [6, 6.07) is 3.13. The van der Waals surface area contributed by atoms with E-state index in [1.54, 1.807) is 21.9 Å². The van der Waals surface area contributed by atoms with E-state index in [0.29, 0.717) is 62.8 Å². The van der Waals surface area contributed by atoms with E-state index in [9.17, 15) is 24.6 Å². The lowest BCUT2D eigenvalue weighted by Gasteiger charge is -2.31. The van der Waals surface area contributed by atoms with E-state index < -0.39 is 23.8 Å². The molecule has 2 heterocycles. The molecule has 3 atom stereocenters. The fraction of sp³-hybridized carbons (Fsp3) is 0.679. The highest BCUT2D eigenvalue weighted by atomic mass is 16.7. The van der Waals surface area contributed by atoms with Crippen LogP contribution in [-0.4, -0.2) is 109 Å². The summed E-state index contributed by atoms with van der Waals surface area (Å²) >= 11 is 0. The van der Waals surface area contributed by atoms with Crippen LogP contribution in [0.25, 0.3) is 0 Å². The van der Waals surface area contributed by atoms with Crippen LogP contribution in [0.15, 0.2) is 12.1 Å². The van der Waals surface area contributed by atoms with Crippen LogP contribution >= 0.6 is 0 Å². The molecule has 11 nitrogen and oxygen atoms in total. The predicted molar refractivity (Wildman–Crippen MR) is 144 cm³/mol. The summed E-state index contributed by atoms with van der Waals surface area (Å²) in [6.45, 7) is 7.88. The SMILES string of the molecule is CCCCN(CCCO)C(=O)CN1CC(c2cc(OC)c3c(c2)OCO3)C(C(=O)O)C1CCN(CC)C(C)=O. The number of fused-ring (bicyclic) bond motifs is 1. The molecule has 0 bridgehead atoms. The van der Waals surface area contributed by atoms with Gasteiger partial charge in [0.25, 0.3) is 0 Å². The quantitative estimate of drug-likeness (QED) is 0.338. The molecule has 11 heteroatoms. The predicted octanol–water partition coefficient (Wildman–Crippen LogP) is 2.16. The number of benzene rings is 1. The van der Waals surface area contributed by atoms with Crippen LogP contribution in [0.1, 0.15) is 57.9 Å². The van der Waals surface area contributed by atoms with Crippen molar-refractivity contribution in [3.05, 3.63) is 17.7 Å². The first-order valence-corrected chi connectivity index (χ1v) is 13.8. The molecule has 2 amide bonds. The Bertz CT molecular complexity index is 995. The summed E-state index contributed by atoms with van der Waals surface area (Å²) in [5.41, 5.74) is 0.741. The average molecular weight is 550 g/mol. The van der Waals surface area contributed by atoms with Crippen molar-refractivity contribution in [3.63, 3.8) is 0 Å². The van der Waals surface area contributed by atoms with Crippen LogP contribution < -0.4 is 14.2 Å². The summed E-state index contributed by atoms with van der Waals surface area (Å²) in [5.74, 6) is -0.893. The molecule has 0 spiro atoms. The summed E-state index contributed by atoms with van der Waals surface area (Å²) in [5, 5.41) is 19.8. The van der Waals surface area contributed by atoms with Gasteiger partial charge in [0, 0.05) is 58.2 Å². The van der Waals surface area contributed by atoms with Gasteiger partial charge in [0.15, 0.2) is 11.5 Å². The normalized spacial score (nSPS) is 20.2. The number of hydrogen-bond donors (Lipinski definition) is 2. The first kappa shape index (κ1) is 30.5. The number of carbonyl (C=O) groups excluding carboxylic acids is 2. The molecular formula is C28H43N3O8. The molecule has 2 aliphatic heterocycles. The van der Waals surface area contributed by atoms with Crippen molar-refractivity contribution in [3.8, 4) is 17.2 Å². The molecule has 0 aromatic heterocycles. The van der Waals surface area contributed by atoms with E-state index in [-0.39, 0.29) is 31.8 Å². The van der Waals surface area contributed by atoms with Crippen LogP contribution in [0.3, 0.4) is 0 Å². The third kappa shape index (κ3) is 7.33. The number of aliphatic carboxylic acids is 1. The molecule has 3 rings (SSSR count). The lowest BCUT2D eigenvalue weighted by Crippen LogP contribution is -2.46. The van der Waals surface area contributed by atoms with Gasteiger partial charge in [0.1, 0.15) is 0 Å². The minimum Gasteiger partial charge on any atom is -0.493 e. The highest BCUT2D eigenvalue weighted by Crippen LogP contribution is 2.47. The standard InChI is InChI=1S/C28H43N3O8/c1-5-7-10-30(11-8-13-32)25(34)17-31-16-21(20-14-23(37-4)27-24(15-20)38-18-39-27)26(28(35)36)22(31)9-12-29(6-2)19(3)33/h14-15,21-22,26,32H,5-13,16-18H2,1-4H3,(H,35,36). The average Bonchev–Trinajstić information content (AvgIpc) is 3.53. The van der Waals surface area contributed by atoms with Crippen molar-refractivity contribution in [2.45, 2.75) is 58.4 Å². The molecule has 218 valence electrons. The number of carbonyl (C=O) groups is 3. The Hall–Kier alpha value is -3.05. The number of likely N-dealkylation sites (tertiary alicyclic amines) is 1. The maximum Gasteiger partial charge on any atom is 0.308 e. The smallest absolute Gasteiger partial charge is 0.308 e. The molecule has 39 heavy (non-hydrogen) atoms. The zero-order valence-corrected chi connectivity index (χ0v) is 23.6. The van der Waals surface area contributed by atoms with Crippen LogP contribution in [0.4, 0.5) is 0 Å². The zero-order valence-electron chi connectivity index (χ0n) is 23.6. The van der Waals surface area contributed by atoms with Gasteiger partial charge in [-0.15, -0.1) is 0 Å². The number of unbranched alkanes of at least 4 members (excludes halogenated alkanes) is 1. The van der Waals surface area contributed by atoms with Crippen molar-refractivity contribution >= 4 is 17.8 Å². The maximum atomic E-state index is 13.5. The summed E-state index contributed by atoms with van der Waals surface area (Å²) in [6.07, 6.45) is 2.69. The Balaban J connectivity index is 1.94. The number of hydrogen-bond acceptors (Lipinski definition) is 8. The van der Waals surface area contributed by atoms with Crippen molar-refractivity contribution in [2.24, 2.45) is 5.92 Å². The molecule has 1 aromatic rings. The highest BCUT2D eigenvalue weighted by Gasteiger charge is 2.47. The maximum absolute atomic E-state index is 13.5. The molecule has 2 N–H and O–H groups in total. The van der Waals surface area contributed by atoms with Crippen LogP contribution in [-0.2, 0) is 14.4 Å². The van der Waals surface area contributed by atoms with Gasteiger partial charge in [-0.1, -0.05) is 13.3 Å². The lowest BCUT2D eigenvalue weighted by molar-refractivity contribution is -0.144. The number of carboxylic acid groups (broad SMARTS) is 1. The van der Waals surface area contributed by atoms with Gasteiger partial charge in [-0.05, 0) is 43.9 Å². The van der Waals surface area contributed by atoms with E-state index in [1.807, 2.05) is 11.8 Å². The van der Waals surface area contributed by atoms with Gasteiger partial charge in [0.2, 0.25) is 24.4 Å². The zero-order chi connectivity index (χ0) is 28.5. The van der Waals surface area contributed by atoms with Crippen LogP contribution in [0.5, 0.6) is 17.2 Å². The van der Waals surface area contributed by atoms with Gasteiger partial charge in [-0.2, -0.15) is 0 Å². The number of rotatable bonds is 15. The van der Waals surface area contributed by atoms with Crippen molar-refractivity contribution in [1.29, 1.82) is 0 Å². The second kappa shape index (κ2) is 14.4. The topological polar surface area (TPSA) is 129 Å². The van der Waals surface area contributed by atoms with E-state index in [0.717, 1.165) is 18.4 Å². The number of aliphatic hydroxyl groups is 1. The first-order chi connectivity index (χ1) is 18.7. The monoisotopic (exact) mass is 549 g/mol. The summed E-state index contributed by atoms with van der Waals surface area (Å²) in [4.78, 5) is 43.7. The highest BCUT2D eigenvalue weighted by molar-refractivity contribution is 5.79. The minimum absolute atomic E-state index is 0.00471. The fourth-order valence-corrected chi connectivity index (χ4v) is 5.63. The first-order valence-electron chi connectivity index (χ1n) is 13.8. The van der Waals surface area contributed by atoms with Gasteiger partial charge in [-0.25, -0.2) is 0 Å². The number of methoxy groups -OCH3 is 1. The second-order valence-electron chi connectivity index (χ2n) is 10.1. The number of aliphatic hydroxyl groups excluding tert-OH is 1. The molecule has 0 radical (unpaired) electrons. The molecular weight excluding hydrogens is 506 g/mol. The van der Waals surface area contributed by atoms with Gasteiger partial charge >= 0.3 is 5.97 Å². The number of nitrogens with zero attached hydrogens (tertiary/aromatic N) is 3. The Labute approximate surface area is 230 Å². The molecule has 1 fully saturated rings. The summed E-state index contributed by atoms with van der Waals surface area (Å²) in [7, 11) is 1.52. The van der Waals surface area contributed by atoms with Crippen molar-refractivity contribution in [2.75, 3.05) is 59.8 Å². The van der Waals surface area contributed by atoms with Crippen LogP contribution in [0.2, 0.25) is 0 Å². The Kier molecular flexibility index (Phi) is 11.2. The third-order valence-corrected chi connectivity index (χ3v) is 7.72. The molecule has 1 aromatic carbocycles. The van der Waals surface area contributed by atoms with Crippen molar-refractivity contribution < 1.29 is 38.8 Å². The number of ether oxygens (including phenoxy) is 3. The molecule has 1 saturated heterocycles. The van der Waals surface area contributed by atoms with E-state index in [2.05, 4.69) is 6.92 Å². The van der Waals surface area contributed by atoms with E-state index >= 15 is 0 Å². The molecule has 0 saturated carbocycles. The minimum atomic E-state index is -0.953. The third-order valence-electron chi connectivity index (χ3n) is 7.72. The van der Waals surface area contributed by atoms with Crippen molar-refractivity contribution in [1.82, 2.24) is 14.7 Å². The van der Waals surface area contributed by atoms with E-state index in [4.69, 9.17) is 14.2 Å². The van der Waals surface area contributed by atoms with E-state index in [1.165, 1.54) is 14.0 Å². The van der Waals surface area contributed by atoms with Gasteiger partial charge in [0.05, 0.1) is 19.6 Å². The Morgan fingerprint density at radius 1 is 1.10 bits per heavy atom. The number of amides is 2.